The molecule has 26 heavy (non-hydrogen) atoms. The molecule has 1 N–H and O–H groups in total. The molecule has 6 heteroatoms. The second-order valence-corrected chi connectivity index (χ2v) is 6.28. The fourth-order valence-electron chi connectivity index (χ4n) is 2.71. The lowest BCUT2D eigenvalue weighted by Gasteiger charge is -2.08. The van der Waals surface area contributed by atoms with Crippen molar-refractivity contribution >= 4 is 33.9 Å². The molecule has 0 atom stereocenters. The zero-order valence-electron chi connectivity index (χ0n) is 14.1. The van der Waals surface area contributed by atoms with E-state index in [0.29, 0.717) is 5.02 Å². The van der Waals surface area contributed by atoms with Crippen molar-refractivity contribution in [2.24, 2.45) is 5.10 Å². The molecule has 4 aromatic rings. The molecule has 128 valence electrons. The quantitative estimate of drug-likeness (QED) is 0.415. The standard InChI is InChI=1S/C20H16ClN5/c1-14(15-2-5-17(6-3-15)26-11-10-22-13-26)24-25-19-8-9-23-20-12-16(21)4-7-18(19)20/h2-13H,1H3,(H,23,25)/b24-14+. The van der Waals surface area contributed by atoms with E-state index in [2.05, 4.69) is 20.5 Å². The van der Waals surface area contributed by atoms with Crippen LogP contribution in [0.4, 0.5) is 5.69 Å². The van der Waals surface area contributed by atoms with Gasteiger partial charge < -0.3 is 4.57 Å². The maximum absolute atomic E-state index is 6.03. The lowest BCUT2D eigenvalue weighted by Crippen LogP contribution is -2.01. The van der Waals surface area contributed by atoms with Crippen LogP contribution < -0.4 is 5.43 Å². The number of halogens is 1. The van der Waals surface area contributed by atoms with E-state index in [1.165, 1.54) is 0 Å². The van der Waals surface area contributed by atoms with Crippen LogP contribution in [-0.2, 0) is 0 Å². The molecule has 0 radical (unpaired) electrons. The highest BCUT2D eigenvalue weighted by Gasteiger charge is 2.03. The van der Waals surface area contributed by atoms with Gasteiger partial charge in [0.15, 0.2) is 0 Å². The molecule has 2 aromatic carbocycles. The first-order chi connectivity index (χ1) is 12.7. The fourth-order valence-corrected chi connectivity index (χ4v) is 2.88. The van der Waals surface area contributed by atoms with Gasteiger partial charge in [-0.2, -0.15) is 5.10 Å². The number of nitrogens with one attached hydrogen (secondary N) is 1. The molecule has 5 nitrogen and oxygen atoms in total. The molecule has 0 amide bonds. The summed E-state index contributed by atoms with van der Waals surface area (Å²) in [6.07, 6.45) is 7.19. The Morgan fingerprint density at radius 1 is 1.08 bits per heavy atom. The summed E-state index contributed by atoms with van der Waals surface area (Å²) in [4.78, 5) is 8.41. The topological polar surface area (TPSA) is 55.1 Å². The molecule has 0 aliphatic rings. The SMILES string of the molecule is C/C(=N\Nc1ccnc2cc(Cl)ccc12)c1ccc(-n2ccnc2)cc1. The van der Waals surface area contributed by atoms with Gasteiger partial charge in [0, 0.05) is 34.7 Å². The number of rotatable bonds is 4. The molecule has 0 aliphatic carbocycles. The fraction of sp³-hybridized carbons (Fsp3) is 0.0500. The Morgan fingerprint density at radius 3 is 2.69 bits per heavy atom. The van der Waals surface area contributed by atoms with Crippen LogP contribution in [0.1, 0.15) is 12.5 Å². The number of fused-ring (bicyclic) bond motifs is 1. The minimum atomic E-state index is 0.666. The van der Waals surface area contributed by atoms with Gasteiger partial charge in [0.1, 0.15) is 0 Å². The Labute approximate surface area is 156 Å². The summed E-state index contributed by atoms with van der Waals surface area (Å²) in [6, 6.07) is 15.7. The van der Waals surface area contributed by atoms with E-state index in [-0.39, 0.29) is 0 Å². The summed E-state index contributed by atoms with van der Waals surface area (Å²) in [7, 11) is 0. The van der Waals surface area contributed by atoms with Gasteiger partial charge >= 0.3 is 0 Å². The molecule has 4 rings (SSSR count). The normalized spacial score (nSPS) is 11.7. The Bertz CT molecular complexity index is 1070. The highest BCUT2D eigenvalue weighted by molar-refractivity contribution is 6.31. The van der Waals surface area contributed by atoms with Crippen molar-refractivity contribution < 1.29 is 0 Å². The zero-order valence-corrected chi connectivity index (χ0v) is 14.9. The molecule has 0 unspecified atom stereocenters. The maximum atomic E-state index is 6.03. The van der Waals surface area contributed by atoms with Crippen LogP contribution in [0, 0.1) is 0 Å². The molecule has 0 saturated carbocycles. The average Bonchev–Trinajstić information content (AvgIpc) is 3.20. The van der Waals surface area contributed by atoms with Crippen LogP contribution in [0.2, 0.25) is 5.02 Å². The lowest BCUT2D eigenvalue weighted by atomic mass is 10.1. The predicted molar refractivity (Wildman–Crippen MR) is 106 cm³/mol. The first kappa shape index (κ1) is 16.3. The van der Waals surface area contributed by atoms with Crippen LogP contribution in [0.5, 0.6) is 0 Å². The first-order valence-electron chi connectivity index (χ1n) is 8.14. The van der Waals surface area contributed by atoms with E-state index in [0.717, 1.165) is 33.6 Å². The van der Waals surface area contributed by atoms with E-state index in [4.69, 9.17) is 11.6 Å². The van der Waals surface area contributed by atoms with Gasteiger partial charge in [-0.05, 0) is 48.9 Å². The summed E-state index contributed by atoms with van der Waals surface area (Å²) in [5, 5.41) is 6.16. The zero-order chi connectivity index (χ0) is 17.9. The monoisotopic (exact) mass is 361 g/mol. The van der Waals surface area contributed by atoms with E-state index in [9.17, 15) is 0 Å². The average molecular weight is 362 g/mol. The molecular weight excluding hydrogens is 346 g/mol. The molecule has 0 saturated heterocycles. The Kier molecular flexibility index (Phi) is 4.37. The largest absolute Gasteiger partial charge is 0.306 e. The van der Waals surface area contributed by atoms with Crippen molar-refractivity contribution in [1.29, 1.82) is 0 Å². The predicted octanol–water partition coefficient (Wildman–Crippen LogP) is 4.91. The van der Waals surface area contributed by atoms with Crippen LogP contribution in [-0.4, -0.2) is 20.2 Å². The molecular formula is C20H16ClN5. The second-order valence-electron chi connectivity index (χ2n) is 5.85. The van der Waals surface area contributed by atoms with Gasteiger partial charge in [0.25, 0.3) is 0 Å². The third-order valence-corrected chi connectivity index (χ3v) is 4.37. The summed E-state index contributed by atoms with van der Waals surface area (Å²) in [5.41, 5.74) is 7.85. The van der Waals surface area contributed by atoms with E-state index in [1.807, 2.05) is 66.2 Å². The summed E-state index contributed by atoms with van der Waals surface area (Å²) in [5.74, 6) is 0. The van der Waals surface area contributed by atoms with Gasteiger partial charge in [-0.25, -0.2) is 4.98 Å². The summed E-state index contributed by atoms with van der Waals surface area (Å²) < 4.78 is 1.96. The number of nitrogens with zero attached hydrogens (tertiary/aromatic N) is 4. The Morgan fingerprint density at radius 2 is 1.92 bits per heavy atom. The van der Waals surface area contributed by atoms with E-state index >= 15 is 0 Å². The minimum Gasteiger partial charge on any atom is -0.306 e. The maximum Gasteiger partial charge on any atom is 0.0991 e. The smallest absolute Gasteiger partial charge is 0.0991 e. The molecule has 0 bridgehead atoms. The first-order valence-corrected chi connectivity index (χ1v) is 8.52. The van der Waals surface area contributed by atoms with Crippen molar-refractivity contribution in [3.63, 3.8) is 0 Å². The number of aromatic nitrogens is 3. The van der Waals surface area contributed by atoms with Crippen LogP contribution in [0.3, 0.4) is 0 Å². The van der Waals surface area contributed by atoms with Gasteiger partial charge in [0.2, 0.25) is 0 Å². The van der Waals surface area contributed by atoms with Crippen molar-refractivity contribution in [2.45, 2.75) is 6.92 Å². The van der Waals surface area contributed by atoms with Crippen molar-refractivity contribution in [2.75, 3.05) is 5.43 Å². The lowest BCUT2D eigenvalue weighted by molar-refractivity contribution is 1.06. The highest BCUT2D eigenvalue weighted by Crippen LogP contribution is 2.24. The Hall–Kier alpha value is -3.18. The highest BCUT2D eigenvalue weighted by atomic mass is 35.5. The van der Waals surface area contributed by atoms with Gasteiger partial charge in [0.05, 0.1) is 23.2 Å². The number of benzene rings is 2. The van der Waals surface area contributed by atoms with Crippen LogP contribution >= 0.6 is 11.6 Å². The summed E-state index contributed by atoms with van der Waals surface area (Å²) >= 11 is 6.03. The second kappa shape index (κ2) is 6.98. The number of anilines is 1. The number of pyridine rings is 1. The van der Waals surface area contributed by atoms with Gasteiger partial charge in [-0.3, -0.25) is 10.4 Å². The van der Waals surface area contributed by atoms with E-state index in [1.54, 1.807) is 18.7 Å². The van der Waals surface area contributed by atoms with Gasteiger partial charge in [-0.15, -0.1) is 0 Å². The van der Waals surface area contributed by atoms with E-state index < -0.39 is 0 Å². The van der Waals surface area contributed by atoms with Crippen molar-refractivity contribution in [1.82, 2.24) is 14.5 Å². The molecule has 0 aliphatic heterocycles. The van der Waals surface area contributed by atoms with Crippen molar-refractivity contribution in [3.05, 3.63) is 84.0 Å². The molecule has 2 aromatic heterocycles. The minimum absolute atomic E-state index is 0.666. The van der Waals surface area contributed by atoms with Crippen LogP contribution in [0.25, 0.3) is 16.6 Å². The van der Waals surface area contributed by atoms with Crippen molar-refractivity contribution in [3.8, 4) is 5.69 Å². The van der Waals surface area contributed by atoms with Gasteiger partial charge in [-0.1, -0.05) is 23.7 Å². The summed E-state index contributed by atoms with van der Waals surface area (Å²) in [6.45, 7) is 1.97. The number of imidazole rings is 1. The number of hydrogen-bond acceptors (Lipinski definition) is 4. The Balaban J connectivity index is 1.57. The number of hydrogen-bond donors (Lipinski definition) is 1. The molecule has 0 spiro atoms. The molecule has 0 fully saturated rings. The number of hydrazone groups is 1. The van der Waals surface area contributed by atoms with Crippen LogP contribution in [0.15, 0.2) is 78.6 Å². The molecule has 2 heterocycles. The third-order valence-electron chi connectivity index (χ3n) is 4.14. The third kappa shape index (κ3) is 3.30.